The maximum absolute atomic E-state index is 10.8. The summed E-state index contributed by atoms with van der Waals surface area (Å²) >= 11 is 0. The molecule has 0 radical (unpaired) electrons. The van der Waals surface area contributed by atoms with Gasteiger partial charge in [-0.3, -0.25) is 0 Å². The fourth-order valence-corrected chi connectivity index (χ4v) is 1.15. The summed E-state index contributed by atoms with van der Waals surface area (Å²) in [6.45, 7) is 3.57. The number of rotatable bonds is 3. The lowest BCUT2D eigenvalue weighted by atomic mass is 9.83. The fourth-order valence-electron chi connectivity index (χ4n) is 1.15. The summed E-state index contributed by atoms with van der Waals surface area (Å²) in [4.78, 5) is 10.8. The van der Waals surface area contributed by atoms with Crippen LogP contribution in [0, 0.1) is 5.41 Å². The van der Waals surface area contributed by atoms with Crippen molar-refractivity contribution in [2.24, 2.45) is 5.41 Å². The topological polar surface area (TPSA) is 17.1 Å². The minimum Gasteiger partial charge on any atom is -0.302 e. The zero-order valence-corrected chi connectivity index (χ0v) is 6.94. The van der Waals surface area contributed by atoms with Gasteiger partial charge in [0.1, 0.15) is 6.29 Å². The predicted octanol–water partition coefficient (Wildman–Crippen LogP) is 2.43. The van der Waals surface area contributed by atoms with Gasteiger partial charge in [0.15, 0.2) is 0 Å². The Morgan fingerprint density at radius 1 is 1.42 bits per heavy atom. The molecule has 0 N–H and O–H groups in total. The molecule has 1 unspecified atom stereocenters. The third kappa shape index (κ3) is 1.82. The van der Waals surface area contributed by atoms with Crippen LogP contribution in [0.25, 0.3) is 0 Å². The van der Waals surface area contributed by atoms with Gasteiger partial charge in [0, 0.05) is 0 Å². The lowest BCUT2D eigenvalue weighted by Crippen LogP contribution is -2.16. The van der Waals surface area contributed by atoms with E-state index in [0.717, 1.165) is 12.7 Å². The molecular weight excluding hydrogens is 148 g/mol. The summed E-state index contributed by atoms with van der Waals surface area (Å²) in [5.41, 5.74) is -0.428. The Balaban J connectivity index is 2.83. The molecule has 0 amide bonds. The molecule has 1 nitrogen and oxygen atoms in total. The number of carbonyl (C=O) groups excluding carboxylic acids is 1. The van der Waals surface area contributed by atoms with Crippen LogP contribution in [0.15, 0.2) is 49.1 Å². The summed E-state index contributed by atoms with van der Waals surface area (Å²) < 4.78 is 0. The Morgan fingerprint density at radius 2 is 2.25 bits per heavy atom. The number of aldehydes is 1. The molecule has 0 bridgehead atoms. The van der Waals surface area contributed by atoms with Crippen LogP contribution in [-0.2, 0) is 4.79 Å². The van der Waals surface area contributed by atoms with Crippen molar-refractivity contribution in [3.8, 4) is 0 Å². The van der Waals surface area contributed by atoms with E-state index in [2.05, 4.69) is 6.58 Å². The number of carbonyl (C=O) groups is 1. The lowest BCUT2D eigenvalue weighted by molar-refractivity contribution is -0.112. The van der Waals surface area contributed by atoms with Crippen LogP contribution in [0.4, 0.5) is 0 Å². The van der Waals surface area contributed by atoms with Gasteiger partial charge in [-0.1, -0.05) is 49.1 Å². The standard InChI is InChI=1S/C11H12O/c1-2-3-7-11(10-12)8-5-4-6-9-11/h2-8,10H,1,9H2. The maximum Gasteiger partial charge on any atom is 0.134 e. The molecule has 12 heavy (non-hydrogen) atoms. The van der Waals surface area contributed by atoms with Crippen molar-refractivity contribution in [1.29, 1.82) is 0 Å². The monoisotopic (exact) mass is 160 g/mol. The highest BCUT2D eigenvalue weighted by Gasteiger charge is 2.22. The highest BCUT2D eigenvalue weighted by atomic mass is 16.1. The molecule has 0 aliphatic heterocycles. The molecule has 1 atom stereocenters. The third-order valence-corrected chi connectivity index (χ3v) is 1.89. The van der Waals surface area contributed by atoms with E-state index in [1.165, 1.54) is 0 Å². The smallest absolute Gasteiger partial charge is 0.134 e. The van der Waals surface area contributed by atoms with Gasteiger partial charge in [-0.25, -0.2) is 0 Å². The van der Waals surface area contributed by atoms with E-state index in [-0.39, 0.29) is 0 Å². The zero-order chi connectivity index (χ0) is 8.86. The van der Waals surface area contributed by atoms with Crippen LogP contribution < -0.4 is 0 Å². The van der Waals surface area contributed by atoms with Gasteiger partial charge in [0.25, 0.3) is 0 Å². The Labute approximate surface area is 72.8 Å². The SMILES string of the molecule is C=CC=CC1(C=O)C=CC=CC1. The van der Waals surface area contributed by atoms with E-state index in [4.69, 9.17) is 0 Å². The van der Waals surface area contributed by atoms with Crippen LogP contribution in [0.5, 0.6) is 0 Å². The maximum atomic E-state index is 10.8. The van der Waals surface area contributed by atoms with Gasteiger partial charge < -0.3 is 4.79 Å². The highest BCUT2D eigenvalue weighted by Crippen LogP contribution is 2.26. The molecule has 0 aromatic carbocycles. The second-order valence-corrected chi connectivity index (χ2v) is 2.82. The van der Waals surface area contributed by atoms with Crippen LogP contribution in [0.3, 0.4) is 0 Å². The van der Waals surface area contributed by atoms with Gasteiger partial charge in [0.2, 0.25) is 0 Å². The molecule has 1 aliphatic rings. The molecule has 0 aromatic heterocycles. The molecule has 0 fully saturated rings. The summed E-state index contributed by atoms with van der Waals surface area (Å²) in [5, 5.41) is 0. The molecule has 1 aliphatic carbocycles. The number of hydrogen-bond acceptors (Lipinski definition) is 1. The van der Waals surface area contributed by atoms with Gasteiger partial charge in [0.05, 0.1) is 5.41 Å². The summed E-state index contributed by atoms with van der Waals surface area (Å²) in [6, 6.07) is 0. The molecule has 0 heterocycles. The average Bonchev–Trinajstić information content (AvgIpc) is 2.16. The van der Waals surface area contributed by atoms with Gasteiger partial charge in [-0.2, -0.15) is 0 Å². The van der Waals surface area contributed by atoms with Crippen LogP contribution >= 0.6 is 0 Å². The second kappa shape index (κ2) is 3.86. The van der Waals surface area contributed by atoms with E-state index in [9.17, 15) is 4.79 Å². The third-order valence-electron chi connectivity index (χ3n) is 1.89. The Kier molecular flexibility index (Phi) is 2.81. The summed E-state index contributed by atoms with van der Waals surface area (Å²) in [6.07, 6.45) is 14.8. The molecule has 0 saturated carbocycles. The molecule has 1 heteroatoms. The van der Waals surface area contributed by atoms with E-state index in [1.807, 2.05) is 30.4 Å². The Hall–Kier alpha value is -1.37. The number of hydrogen-bond donors (Lipinski definition) is 0. The van der Waals surface area contributed by atoms with E-state index >= 15 is 0 Å². The molecule has 62 valence electrons. The van der Waals surface area contributed by atoms with Crippen LogP contribution in [0.1, 0.15) is 6.42 Å². The molecule has 0 aromatic rings. The molecule has 0 saturated heterocycles. The molecule has 0 spiro atoms. The highest BCUT2D eigenvalue weighted by molar-refractivity contribution is 5.67. The van der Waals surface area contributed by atoms with Gasteiger partial charge in [-0.05, 0) is 6.42 Å². The molecule has 1 rings (SSSR count). The van der Waals surface area contributed by atoms with Crippen molar-refractivity contribution in [2.75, 3.05) is 0 Å². The van der Waals surface area contributed by atoms with Crippen molar-refractivity contribution >= 4 is 6.29 Å². The zero-order valence-electron chi connectivity index (χ0n) is 6.94. The summed E-state index contributed by atoms with van der Waals surface area (Å²) in [5.74, 6) is 0. The first-order chi connectivity index (χ1) is 5.83. The van der Waals surface area contributed by atoms with Crippen molar-refractivity contribution in [2.45, 2.75) is 6.42 Å². The predicted molar refractivity (Wildman–Crippen MR) is 50.7 cm³/mol. The van der Waals surface area contributed by atoms with Gasteiger partial charge >= 0.3 is 0 Å². The van der Waals surface area contributed by atoms with Crippen molar-refractivity contribution in [3.05, 3.63) is 49.1 Å². The van der Waals surface area contributed by atoms with Crippen LogP contribution in [0.2, 0.25) is 0 Å². The molecular formula is C11H12O. The van der Waals surface area contributed by atoms with Crippen molar-refractivity contribution in [1.82, 2.24) is 0 Å². The quantitative estimate of drug-likeness (QED) is 0.457. The normalized spacial score (nSPS) is 27.7. The minimum absolute atomic E-state index is 0.428. The van der Waals surface area contributed by atoms with E-state index < -0.39 is 5.41 Å². The number of allylic oxidation sites excluding steroid dienone is 7. The minimum atomic E-state index is -0.428. The first-order valence-electron chi connectivity index (χ1n) is 3.94. The second-order valence-electron chi connectivity index (χ2n) is 2.82. The lowest BCUT2D eigenvalue weighted by Gasteiger charge is -2.19. The first-order valence-corrected chi connectivity index (χ1v) is 3.94. The van der Waals surface area contributed by atoms with Crippen molar-refractivity contribution in [3.63, 3.8) is 0 Å². The van der Waals surface area contributed by atoms with Gasteiger partial charge in [-0.15, -0.1) is 0 Å². The first kappa shape index (κ1) is 8.72. The fraction of sp³-hybridized carbons (Fsp3) is 0.182. The average molecular weight is 160 g/mol. The Morgan fingerprint density at radius 3 is 2.75 bits per heavy atom. The largest absolute Gasteiger partial charge is 0.302 e. The van der Waals surface area contributed by atoms with Crippen molar-refractivity contribution < 1.29 is 4.79 Å². The van der Waals surface area contributed by atoms with Crippen LogP contribution in [-0.4, -0.2) is 6.29 Å². The summed E-state index contributed by atoms with van der Waals surface area (Å²) in [7, 11) is 0. The van der Waals surface area contributed by atoms with E-state index in [1.54, 1.807) is 12.2 Å². The Bertz CT molecular complexity index is 258. The van der Waals surface area contributed by atoms with E-state index in [0.29, 0.717) is 0 Å².